The van der Waals surface area contributed by atoms with Crippen molar-refractivity contribution in [2.75, 3.05) is 58.9 Å². The number of carbonyl (C=O) groups is 10. The quantitative estimate of drug-likeness (QED) is 0.0359. The fraction of sp³-hybridized carbons (Fsp3) is 0.851. The lowest BCUT2D eigenvalue weighted by atomic mass is 10.1. The van der Waals surface area contributed by atoms with Crippen molar-refractivity contribution in [1.82, 2.24) is 24.5 Å². The Morgan fingerprint density at radius 3 is 0.701 bits per heavy atom. The van der Waals surface area contributed by atoms with Crippen LogP contribution in [0.15, 0.2) is 0 Å². The fourth-order valence-corrected chi connectivity index (χ4v) is 11.6. The largest absolute Gasteiger partial charge is 0.481 e. The van der Waals surface area contributed by atoms with Gasteiger partial charge in [0.1, 0.15) is 0 Å². The summed E-state index contributed by atoms with van der Waals surface area (Å²) < 4.78 is 0. The molecule has 5 saturated heterocycles. The number of unbranched alkanes of at least 4 members (excludes halogenated alkanes) is 26. The second-order valence-corrected chi connectivity index (χ2v) is 26.1. The van der Waals surface area contributed by atoms with E-state index in [1.807, 2.05) is 20.8 Å². The van der Waals surface area contributed by atoms with E-state index in [0.717, 1.165) is 58.3 Å². The lowest BCUT2D eigenvalue weighted by molar-refractivity contribution is -0.142. The first kappa shape index (κ1) is 79.7. The van der Waals surface area contributed by atoms with E-state index in [1.165, 1.54) is 161 Å². The number of amides is 8. The second kappa shape index (κ2) is 46.8. The van der Waals surface area contributed by atoms with E-state index in [9.17, 15) is 47.9 Å². The Hall–Kier alpha value is -5.30. The molecule has 0 aromatic rings. The van der Waals surface area contributed by atoms with Crippen LogP contribution in [0.1, 0.15) is 273 Å². The van der Waals surface area contributed by atoms with Gasteiger partial charge in [-0.05, 0) is 46.5 Å². The van der Waals surface area contributed by atoms with Crippen molar-refractivity contribution in [2.45, 2.75) is 279 Å². The van der Waals surface area contributed by atoms with Gasteiger partial charge in [0.05, 0.1) is 29.6 Å². The summed E-state index contributed by atoms with van der Waals surface area (Å²) in [4.78, 5) is 121. The van der Waals surface area contributed by atoms with Crippen LogP contribution in [0.3, 0.4) is 0 Å². The highest BCUT2D eigenvalue weighted by atomic mass is 16.4. The molecule has 0 radical (unpaired) electrons. The first-order valence-electron chi connectivity index (χ1n) is 34.2. The molecule has 0 aromatic heterocycles. The van der Waals surface area contributed by atoms with E-state index >= 15 is 0 Å². The molecule has 5 aliphatic rings. The molecule has 5 rings (SSSR count). The molecule has 0 spiro atoms. The number of hydrogen-bond donors (Lipinski definition) is 5. The van der Waals surface area contributed by atoms with E-state index in [-0.39, 0.29) is 83.4 Å². The van der Waals surface area contributed by atoms with Crippen LogP contribution >= 0.6 is 0 Å². The third-order valence-corrected chi connectivity index (χ3v) is 17.3. The van der Waals surface area contributed by atoms with Crippen molar-refractivity contribution in [3.05, 3.63) is 0 Å². The number of nitrogens with zero attached hydrogens (tertiary/aromatic N) is 5. The Labute approximate surface area is 524 Å². The van der Waals surface area contributed by atoms with Gasteiger partial charge in [-0.25, -0.2) is 0 Å². The molecular formula is C67H122N8O12. The minimum atomic E-state index is -0.875. The van der Waals surface area contributed by atoms with Crippen LogP contribution in [-0.4, -0.2) is 158 Å². The number of nitrogens with two attached hydrogens (primary N) is 3. The van der Waals surface area contributed by atoms with E-state index in [0.29, 0.717) is 52.0 Å². The number of hydrogen-bond acceptors (Lipinski definition) is 10. The lowest BCUT2D eigenvalue weighted by Gasteiger charge is -2.31. The number of primary amides is 3. The molecule has 20 heteroatoms. The lowest BCUT2D eigenvalue weighted by Crippen LogP contribution is -2.42. The fourth-order valence-electron chi connectivity index (χ4n) is 11.6. The monoisotopic (exact) mass is 1230 g/mol. The molecular weight excluding hydrogens is 1110 g/mol. The van der Waals surface area contributed by atoms with Gasteiger partial charge in [-0.2, -0.15) is 0 Å². The Morgan fingerprint density at radius 1 is 0.333 bits per heavy atom. The highest BCUT2D eigenvalue weighted by Crippen LogP contribution is 2.26. The molecule has 0 saturated carbocycles. The van der Waals surface area contributed by atoms with Gasteiger partial charge in [0.2, 0.25) is 47.3 Å². The molecule has 20 nitrogen and oxygen atoms in total. The maximum absolute atomic E-state index is 11.7. The maximum Gasteiger partial charge on any atom is 0.308 e. The molecule has 8 amide bonds. The predicted molar refractivity (Wildman–Crippen MR) is 342 cm³/mol. The molecule has 5 fully saturated rings. The minimum absolute atomic E-state index is 0.00776. The van der Waals surface area contributed by atoms with Gasteiger partial charge in [0, 0.05) is 96.5 Å². The van der Waals surface area contributed by atoms with Gasteiger partial charge >= 0.3 is 11.9 Å². The van der Waals surface area contributed by atoms with Crippen molar-refractivity contribution in [2.24, 2.45) is 46.8 Å². The van der Waals surface area contributed by atoms with E-state index < -0.39 is 23.8 Å². The Balaban J connectivity index is 0.000000547. The number of carboxylic acid groups (broad SMARTS) is 2. The van der Waals surface area contributed by atoms with Crippen molar-refractivity contribution in [3.8, 4) is 0 Å². The van der Waals surface area contributed by atoms with Crippen LogP contribution in [0.25, 0.3) is 0 Å². The summed E-state index contributed by atoms with van der Waals surface area (Å²) in [6, 6.07) is 0. The van der Waals surface area contributed by atoms with E-state index in [4.69, 9.17) is 27.4 Å². The van der Waals surface area contributed by atoms with Crippen LogP contribution in [0.4, 0.5) is 0 Å². The third-order valence-electron chi connectivity index (χ3n) is 17.3. The highest BCUT2D eigenvalue weighted by Gasteiger charge is 2.40. The van der Waals surface area contributed by atoms with E-state index in [2.05, 4.69) is 27.7 Å². The number of carbonyl (C=O) groups excluding carboxylic acids is 8. The zero-order valence-corrected chi connectivity index (χ0v) is 55.4. The van der Waals surface area contributed by atoms with Gasteiger partial charge < -0.3 is 51.9 Å². The molecule has 8 N–H and O–H groups in total. The summed E-state index contributed by atoms with van der Waals surface area (Å²) >= 11 is 0. The summed E-state index contributed by atoms with van der Waals surface area (Å²) in [5, 5.41) is 17.6. The molecule has 502 valence electrons. The standard InChI is InChI=1S/C16H30N2O2.C15H28N2O2.C14H25NO3.C13H24N2O2.C9H15NO3/c1-2-3-4-5-6-7-8-9-10-11-18-13-14(16(17)20)12-15(18)19;1-2-3-4-5-6-7-8-9-10-17-12-13(15(16)19)11-14(17)18;1-2-3-4-5-6-7-8-9-15-11-12(14(17)18)10-13(15)16;1-2-3-4-5-6-7-8-15-10-11(13(14)17)9-12(15)16;1-9(2,3)10-5-6(8(12)13)4-7(10)11/h14H,2-13H2,1H3,(H2,17,20);13H,2-12H2,1H3,(H2,16,19);12H,2-11H2,1H3,(H,17,18);11H,2-10H2,1H3,(H2,14,17);6H,4-5H2,1-3H3,(H,12,13). The smallest absolute Gasteiger partial charge is 0.308 e. The van der Waals surface area contributed by atoms with Crippen LogP contribution < -0.4 is 17.2 Å². The molecule has 0 aromatic carbocycles. The number of carboxylic acids is 2. The Morgan fingerprint density at radius 2 is 0.529 bits per heavy atom. The maximum atomic E-state index is 11.7. The first-order chi connectivity index (χ1) is 41.4. The van der Waals surface area contributed by atoms with Gasteiger partial charge in [0.15, 0.2) is 0 Å². The van der Waals surface area contributed by atoms with E-state index in [1.54, 1.807) is 24.5 Å². The normalized spacial score (nSPS) is 20.0. The van der Waals surface area contributed by atoms with Crippen molar-refractivity contribution in [1.29, 1.82) is 0 Å². The van der Waals surface area contributed by atoms with Crippen LogP contribution in [-0.2, 0) is 47.9 Å². The summed E-state index contributed by atoms with van der Waals surface area (Å²) in [6.45, 7) is 20.1. The summed E-state index contributed by atoms with van der Waals surface area (Å²) in [5.74, 6) is -4.32. The van der Waals surface area contributed by atoms with Gasteiger partial charge in [-0.3, -0.25) is 47.9 Å². The first-order valence-corrected chi connectivity index (χ1v) is 34.2. The SMILES string of the molecule is CC(C)(C)N1CC(C(=O)O)CC1=O.CCCCCCCCCCCN1CC(C(N)=O)CC1=O.CCCCCCCCCCN1CC(C(N)=O)CC1=O.CCCCCCCCCN1CC(C(=O)O)CC1=O.CCCCCCCCN1CC(C(N)=O)CC1=O. The topological polar surface area (TPSA) is 305 Å². The summed E-state index contributed by atoms with van der Waals surface area (Å²) in [5.41, 5.74) is 15.4. The average molecular weight is 1230 g/mol. The van der Waals surface area contributed by atoms with Crippen molar-refractivity contribution < 1.29 is 58.2 Å². The predicted octanol–water partition coefficient (Wildman–Crippen LogP) is 10.4. The number of rotatable bonds is 39. The Bertz CT molecular complexity index is 2030. The second-order valence-electron chi connectivity index (χ2n) is 26.1. The molecule has 5 unspecified atom stereocenters. The van der Waals surface area contributed by atoms with Crippen molar-refractivity contribution >= 4 is 59.2 Å². The summed E-state index contributed by atoms with van der Waals surface area (Å²) in [6.07, 6.45) is 38.7. The molecule has 5 aliphatic heterocycles. The highest BCUT2D eigenvalue weighted by molar-refractivity contribution is 5.90. The molecule has 0 aliphatic carbocycles. The Kier molecular flexibility index (Phi) is 42.8. The van der Waals surface area contributed by atoms with Gasteiger partial charge in [-0.15, -0.1) is 0 Å². The van der Waals surface area contributed by atoms with Gasteiger partial charge in [-0.1, -0.05) is 195 Å². The van der Waals surface area contributed by atoms with Crippen LogP contribution in [0, 0.1) is 29.6 Å². The minimum Gasteiger partial charge on any atom is -0.481 e. The zero-order chi connectivity index (χ0) is 65.2. The number of likely N-dealkylation sites (tertiary alicyclic amines) is 5. The molecule has 87 heavy (non-hydrogen) atoms. The van der Waals surface area contributed by atoms with Crippen LogP contribution in [0.5, 0.6) is 0 Å². The molecule has 5 heterocycles. The average Bonchev–Trinajstić information content (AvgIpc) is 2.87. The van der Waals surface area contributed by atoms with Crippen molar-refractivity contribution in [3.63, 3.8) is 0 Å². The summed E-state index contributed by atoms with van der Waals surface area (Å²) in [7, 11) is 0. The zero-order valence-electron chi connectivity index (χ0n) is 55.4. The molecule has 5 atom stereocenters. The third kappa shape index (κ3) is 35.5. The number of aliphatic carboxylic acids is 2. The molecule has 0 bridgehead atoms. The van der Waals surface area contributed by atoms with Gasteiger partial charge in [0.25, 0.3) is 0 Å². The van der Waals surface area contributed by atoms with Crippen LogP contribution in [0.2, 0.25) is 0 Å².